The average molecular weight is 410 g/mol. The summed E-state index contributed by atoms with van der Waals surface area (Å²) in [5, 5.41) is 0. The smallest absolute Gasteiger partial charge is 0.303 e. The van der Waals surface area contributed by atoms with Crippen LogP contribution in [0.25, 0.3) is 0 Å². The lowest BCUT2D eigenvalue weighted by Crippen LogP contribution is -2.33. The van der Waals surface area contributed by atoms with Crippen molar-refractivity contribution in [1.29, 1.82) is 0 Å². The zero-order chi connectivity index (χ0) is 20.1. The molecule has 1 aromatic heterocycles. The topological polar surface area (TPSA) is 126 Å². The maximum atomic E-state index is 12.2. The maximum absolute atomic E-state index is 12.2. The van der Waals surface area contributed by atoms with Gasteiger partial charge in [-0.05, 0) is 18.1 Å². The van der Waals surface area contributed by atoms with Gasteiger partial charge in [0.2, 0.25) is 10.0 Å². The zero-order valence-electron chi connectivity index (χ0n) is 15.7. The highest BCUT2D eigenvalue weighted by atomic mass is 32.2. The van der Waals surface area contributed by atoms with Crippen LogP contribution in [0.2, 0.25) is 0 Å². The van der Waals surface area contributed by atoms with Gasteiger partial charge < -0.3 is 9.79 Å². The summed E-state index contributed by atoms with van der Waals surface area (Å²) in [6.07, 6.45) is 7.44. The third-order valence-electron chi connectivity index (χ3n) is 3.33. The molecule has 1 atom stereocenters. The van der Waals surface area contributed by atoms with Crippen LogP contribution in [0.5, 0.6) is 0 Å². The number of nitrogens with one attached hydrogen (secondary N) is 1. The number of unbranched alkanes of at least 4 members (excludes halogenated alkanes) is 4. The van der Waals surface area contributed by atoms with Crippen LogP contribution in [0.15, 0.2) is 24.5 Å². The van der Waals surface area contributed by atoms with Crippen molar-refractivity contribution < 1.29 is 27.3 Å². The molecule has 152 valence electrons. The minimum absolute atomic E-state index is 0.0383. The van der Waals surface area contributed by atoms with E-state index in [4.69, 9.17) is 9.79 Å². The van der Waals surface area contributed by atoms with Gasteiger partial charge in [-0.15, -0.1) is 0 Å². The van der Waals surface area contributed by atoms with E-state index in [1.165, 1.54) is 12.4 Å². The van der Waals surface area contributed by atoms with Crippen molar-refractivity contribution in [2.24, 2.45) is 0 Å². The van der Waals surface area contributed by atoms with Gasteiger partial charge in [-0.3, -0.25) is 9.51 Å². The van der Waals surface area contributed by atoms with Crippen LogP contribution in [0.4, 0.5) is 0 Å². The van der Waals surface area contributed by atoms with Gasteiger partial charge in [0.25, 0.3) is 0 Å². The molecular formula is C16H31N2O6PS. The van der Waals surface area contributed by atoms with Gasteiger partial charge in [0, 0.05) is 12.4 Å². The van der Waals surface area contributed by atoms with Gasteiger partial charge in [-0.1, -0.05) is 52.5 Å². The highest BCUT2D eigenvalue weighted by molar-refractivity contribution is 7.89. The average Bonchev–Trinajstić information content (AvgIpc) is 2.60. The molecule has 0 aliphatic rings. The van der Waals surface area contributed by atoms with Crippen LogP contribution in [-0.2, 0) is 19.1 Å². The molecule has 0 saturated carbocycles. The predicted octanol–water partition coefficient (Wildman–Crippen LogP) is 3.15. The second kappa shape index (κ2) is 13.4. The van der Waals surface area contributed by atoms with Crippen molar-refractivity contribution in [3.05, 3.63) is 30.1 Å². The first kappa shape index (κ1) is 25.2. The lowest BCUT2D eigenvalue weighted by atomic mass is 10.1. The summed E-state index contributed by atoms with van der Waals surface area (Å²) in [5.41, 5.74) is 0.473. The van der Waals surface area contributed by atoms with Crippen LogP contribution in [-0.4, -0.2) is 35.5 Å². The highest BCUT2D eigenvalue weighted by Crippen LogP contribution is 2.37. The number of aromatic nitrogens is 1. The Balaban J connectivity index is 0.00000301. The van der Waals surface area contributed by atoms with Crippen molar-refractivity contribution in [2.45, 2.75) is 58.9 Å². The number of hydrogen-bond acceptors (Lipinski definition) is 5. The predicted molar refractivity (Wildman–Crippen MR) is 102 cm³/mol. The molecule has 3 N–H and O–H groups in total. The molecule has 0 amide bonds. The summed E-state index contributed by atoms with van der Waals surface area (Å²) < 4.78 is 42.2. The Labute approximate surface area is 156 Å². The molecule has 0 bridgehead atoms. The molecule has 1 heterocycles. The highest BCUT2D eigenvalue weighted by Gasteiger charge is 2.23. The second-order valence-electron chi connectivity index (χ2n) is 5.48. The summed E-state index contributed by atoms with van der Waals surface area (Å²) >= 11 is 0. The fourth-order valence-electron chi connectivity index (χ4n) is 2.12. The van der Waals surface area contributed by atoms with Gasteiger partial charge >= 0.3 is 7.82 Å². The van der Waals surface area contributed by atoms with E-state index in [1.54, 1.807) is 12.1 Å². The molecule has 0 fully saturated rings. The molecule has 8 nitrogen and oxygen atoms in total. The molecule has 0 aromatic carbocycles. The van der Waals surface area contributed by atoms with Crippen LogP contribution in [0.3, 0.4) is 0 Å². The van der Waals surface area contributed by atoms with Gasteiger partial charge in [0.05, 0.1) is 18.4 Å². The summed E-state index contributed by atoms with van der Waals surface area (Å²) in [4.78, 5) is 21.6. The molecule has 0 aliphatic carbocycles. The molecule has 0 saturated heterocycles. The Hall–Kier alpha value is -0.830. The summed E-state index contributed by atoms with van der Waals surface area (Å²) in [7, 11) is -8.29. The van der Waals surface area contributed by atoms with Crippen LogP contribution >= 0.6 is 7.82 Å². The Morgan fingerprint density at radius 3 is 2.42 bits per heavy atom. The number of sulfonamides is 1. The molecule has 0 radical (unpaired) electrons. The Kier molecular flexibility index (Phi) is 12.9. The van der Waals surface area contributed by atoms with Crippen LogP contribution in [0.1, 0.15) is 64.5 Å². The normalized spacial score (nSPS) is 13.0. The molecule has 0 spiro atoms. The van der Waals surface area contributed by atoms with Crippen LogP contribution in [0, 0.1) is 0 Å². The minimum atomic E-state index is -4.69. The first-order chi connectivity index (χ1) is 12.2. The number of hydrogen-bond donors (Lipinski definition) is 3. The SMILES string of the molecule is CC.CCCCCCCS(=O)(=O)NC(COP(=O)(O)O)c1cccnc1. The van der Waals surface area contributed by atoms with Gasteiger partial charge in [0.15, 0.2) is 0 Å². The lowest BCUT2D eigenvalue weighted by Gasteiger charge is -2.19. The monoisotopic (exact) mass is 410 g/mol. The van der Waals surface area contributed by atoms with E-state index in [1.807, 2.05) is 13.8 Å². The van der Waals surface area contributed by atoms with E-state index in [0.29, 0.717) is 12.0 Å². The van der Waals surface area contributed by atoms with E-state index in [-0.39, 0.29) is 5.75 Å². The number of phosphoric ester groups is 1. The fraction of sp³-hybridized carbons (Fsp3) is 0.688. The molecule has 0 aliphatic heterocycles. The molecule has 1 aromatic rings. The third-order valence-corrected chi connectivity index (χ3v) is 5.29. The summed E-state index contributed by atoms with van der Waals surface area (Å²) in [6.45, 7) is 5.60. The summed E-state index contributed by atoms with van der Waals surface area (Å²) in [5.74, 6) is -0.0383. The molecule has 1 rings (SSSR count). The van der Waals surface area contributed by atoms with Crippen LogP contribution < -0.4 is 4.72 Å². The van der Waals surface area contributed by atoms with Gasteiger partial charge in [-0.25, -0.2) is 17.7 Å². The van der Waals surface area contributed by atoms with Gasteiger partial charge in [-0.2, -0.15) is 0 Å². The van der Waals surface area contributed by atoms with Crippen molar-refractivity contribution in [3.8, 4) is 0 Å². The second-order valence-corrected chi connectivity index (χ2v) is 8.59. The number of pyridine rings is 1. The van der Waals surface area contributed by atoms with Gasteiger partial charge in [0.1, 0.15) is 0 Å². The first-order valence-electron chi connectivity index (χ1n) is 8.83. The molecule has 1 unspecified atom stereocenters. The first-order valence-corrected chi connectivity index (χ1v) is 12.0. The van der Waals surface area contributed by atoms with E-state index in [0.717, 1.165) is 25.7 Å². The summed E-state index contributed by atoms with van der Waals surface area (Å²) in [6, 6.07) is 2.32. The standard InChI is InChI=1S/C14H25N2O6PS.C2H6/c1-2-3-4-5-6-10-24(20,21)16-14(12-22-23(17,18)19)13-8-7-9-15-11-13;1-2/h7-9,11,14,16H,2-6,10,12H2,1H3,(H2,17,18,19);1-2H3. The van der Waals surface area contributed by atoms with Crippen molar-refractivity contribution in [3.63, 3.8) is 0 Å². The Bertz CT molecular complexity index is 621. The fourth-order valence-corrected chi connectivity index (χ4v) is 3.81. The number of nitrogens with zero attached hydrogens (tertiary/aromatic N) is 1. The van der Waals surface area contributed by atoms with Crippen molar-refractivity contribution in [2.75, 3.05) is 12.4 Å². The zero-order valence-corrected chi connectivity index (χ0v) is 17.4. The lowest BCUT2D eigenvalue weighted by molar-refractivity contribution is 0.182. The van der Waals surface area contributed by atoms with E-state index >= 15 is 0 Å². The quantitative estimate of drug-likeness (QED) is 0.357. The molecular weight excluding hydrogens is 379 g/mol. The maximum Gasteiger partial charge on any atom is 0.469 e. The number of phosphoric acid groups is 1. The Morgan fingerprint density at radius 1 is 1.23 bits per heavy atom. The minimum Gasteiger partial charge on any atom is -0.303 e. The largest absolute Gasteiger partial charge is 0.469 e. The van der Waals surface area contributed by atoms with Crippen molar-refractivity contribution in [1.82, 2.24) is 9.71 Å². The molecule has 26 heavy (non-hydrogen) atoms. The number of rotatable bonds is 12. The van der Waals surface area contributed by atoms with Crippen molar-refractivity contribution >= 4 is 17.8 Å². The third kappa shape index (κ3) is 12.5. The molecule has 10 heteroatoms. The Morgan fingerprint density at radius 2 is 1.88 bits per heavy atom. The van der Waals surface area contributed by atoms with E-state index in [9.17, 15) is 13.0 Å². The van der Waals surface area contributed by atoms with E-state index < -0.39 is 30.5 Å². The van der Waals surface area contributed by atoms with E-state index in [2.05, 4.69) is 21.2 Å².